The summed E-state index contributed by atoms with van der Waals surface area (Å²) in [5.41, 5.74) is 2.94. The molecule has 2 aromatic carbocycles. The van der Waals surface area contributed by atoms with Crippen molar-refractivity contribution in [3.05, 3.63) is 65.2 Å². The molecule has 0 radical (unpaired) electrons. The highest BCUT2D eigenvalue weighted by Gasteiger charge is 2.21. The van der Waals surface area contributed by atoms with Crippen molar-refractivity contribution in [1.29, 1.82) is 0 Å². The van der Waals surface area contributed by atoms with Gasteiger partial charge in [0.2, 0.25) is 0 Å². The molecule has 150 valence electrons. The van der Waals surface area contributed by atoms with Gasteiger partial charge < -0.3 is 14.8 Å². The number of morpholine rings is 1. The first-order valence-electron chi connectivity index (χ1n) is 9.94. The van der Waals surface area contributed by atoms with E-state index >= 15 is 0 Å². The molecule has 0 aliphatic carbocycles. The minimum atomic E-state index is -0.0737. The second kappa shape index (κ2) is 9.71. The minimum absolute atomic E-state index is 0.0737. The maximum absolute atomic E-state index is 12.5. The topological polar surface area (TPSA) is 50.8 Å². The van der Waals surface area contributed by atoms with Gasteiger partial charge in [0, 0.05) is 31.7 Å². The van der Waals surface area contributed by atoms with Gasteiger partial charge in [-0.2, -0.15) is 0 Å². The van der Waals surface area contributed by atoms with Gasteiger partial charge in [-0.3, -0.25) is 9.69 Å². The SMILES string of the molecule is Cc1cccc(COc2cccc(C(=O)NCCN3CC(C)OC(C)C3)c2)c1. The van der Waals surface area contributed by atoms with E-state index in [0.717, 1.165) is 25.2 Å². The quantitative estimate of drug-likeness (QED) is 0.797. The predicted octanol–water partition coefficient (Wildman–Crippen LogP) is 3.41. The Morgan fingerprint density at radius 2 is 1.89 bits per heavy atom. The summed E-state index contributed by atoms with van der Waals surface area (Å²) in [5.74, 6) is 0.625. The smallest absolute Gasteiger partial charge is 0.251 e. The fraction of sp³-hybridized carbons (Fsp3) is 0.435. The minimum Gasteiger partial charge on any atom is -0.489 e. The molecule has 5 heteroatoms. The Balaban J connectivity index is 1.48. The fourth-order valence-electron chi connectivity index (χ4n) is 3.59. The molecule has 5 nitrogen and oxygen atoms in total. The van der Waals surface area contributed by atoms with Crippen LogP contribution in [0.2, 0.25) is 0 Å². The third-order valence-corrected chi connectivity index (χ3v) is 4.79. The van der Waals surface area contributed by atoms with Crippen LogP contribution < -0.4 is 10.1 Å². The Morgan fingerprint density at radius 1 is 1.14 bits per heavy atom. The van der Waals surface area contributed by atoms with Gasteiger partial charge in [0.15, 0.2) is 0 Å². The number of ether oxygens (including phenoxy) is 2. The van der Waals surface area contributed by atoms with Gasteiger partial charge in [-0.05, 0) is 44.5 Å². The lowest BCUT2D eigenvalue weighted by molar-refractivity contribution is -0.0672. The van der Waals surface area contributed by atoms with Gasteiger partial charge >= 0.3 is 0 Å². The molecule has 28 heavy (non-hydrogen) atoms. The van der Waals surface area contributed by atoms with Crippen LogP contribution in [0.15, 0.2) is 48.5 Å². The number of hydrogen-bond donors (Lipinski definition) is 1. The average molecular weight is 383 g/mol. The van der Waals surface area contributed by atoms with E-state index in [-0.39, 0.29) is 18.1 Å². The number of aryl methyl sites for hydroxylation is 1. The third kappa shape index (κ3) is 6.08. The number of benzene rings is 2. The molecule has 1 N–H and O–H groups in total. The molecule has 2 unspecified atom stereocenters. The van der Waals surface area contributed by atoms with E-state index in [1.807, 2.05) is 30.3 Å². The summed E-state index contributed by atoms with van der Waals surface area (Å²) < 4.78 is 11.6. The van der Waals surface area contributed by atoms with Crippen LogP contribution in [0, 0.1) is 6.92 Å². The molecule has 0 saturated carbocycles. The summed E-state index contributed by atoms with van der Waals surface area (Å²) in [4.78, 5) is 14.8. The zero-order chi connectivity index (χ0) is 19.9. The van der Waals surface area contributed by atoms with E-state index in [0.29, 0.717) is 24.5 Å². The number of carbonyl (C=O) groups is 1. The maximum Gasteiger partial charge on any atom is 0.251 e. The monoisotopic (exact) mass is 382 g/mol. The number of hydrogen-bond acceptors (Lipinski definition) is 4. The normalized spacial score (nSPS) is 20.0. The Hall–Kier alpha value is -2.37. The Morgan fingerprint density at radius 3 is 2.64 bits per heavy atom. The van der Waals surface area contributed by atoms with Crippen molar-refractivity contribution >= 4 is 5.91 Å². The lowest BCUT2D eigenvalue weighted by Gasteiger charge is -2.35. The summed E-state index contributed by atoms with van der Waals surface area (Å²) in [7, 11) is 0. The molecule has 3 rings (SSSR count). The summed E-state index contributed by atoms with van der Waals surface area (Å²) in [5, 5.41) is 3.01. The number of rotatable bonds is 7. The first kappa shape index (κ1) is 20.4. The molecule has 1 fully saturated rings. The molecule has 0 aromatic heterocycles. The summed E-state index contributed by atoms with van der Waals surface area (Å²) in [6, 6.07) is 15.6. The van der Waals surface area contributed by atoms with Crippen LogP contribution in [0.4, 0.5) is 0 Å². The Bertz CT molecular complexity index is 783. The zero-order valence-corrected chi connectivity index (χ0v) is 17.0. The molecule has 2 aromatic rings. The van der Waals surface area contributed by atoms with Crippen molar-refractivity contribution in [2.45, 2.75) is 39.6 Å². The predicted molar refractivity (Wildman–Crippen MR) is 111 cm³/mol. The van der Waals surface area contributed by atoms with Gasteiger partial charge in [0.1, 0.15) is 12.4 Å². The zero-order valence-electron chi connectivity index (χ0n) is 17.0. The van der Waals surface area contributed by atoms with E-state index < -0.39 is 0 Å². The molecule has 0 bridgehead atoms. The highest BCUT2D eigenvalue weighted by molar-refractivity contribution is 5.94. The molecule has 2 atom stereocenters. The average Bonchev–Trinajstić information content (AvgIpc) is 2.66. The molecular formula is C23H30N2O3. The molecule has 1 amide bonds. The summed E-state index contributed by atoms with van der Waals surface area (Å²) in [6.45, 7) is 9.98. The molecule has 1 heterocycles. The Labute approximate surface area is 167 Å². The lowest BCUT2D eigenvalue weighted by Crippen LogP contribution is -2.47. The fourth-order valence-corrected chi connectivity index (χ4v) is 3.59. The van der Waals surface area contributed by atoms with Crippen molar-refractivity contribution in [2.24, 2.45) is 0 Å². The standard InChI is InChI=1S/C23H30N2O3/c1-17-6-4-7-20(12-17)16-27-22-9-5-8-21(13-22)23(26)24-10-11-25-14-18(2)28-19(3)15-25/h4-9,12-13,18-19H,10-11,14-16H2,1-3H3,(H,24,26). The third-order valence-electron chi connectivity index (χ3n) is 4.79. The van der Waals surface area contributed by atoms with Gasteiger partial charge in [0.05, 0.1) is 12.2 Å². The number of amides is 1. The Kier molecular flexibility index (Phi) is 7.06. The van der Waals surface area contributed by atoms with Crippen LogP contribution in [0.1, 0.15) is 35.3 Å². The van der Waals surface area contributed by atoms with Gasteiger partial charge in [0.25, 0.3) is 5.91 Å². The summed E-state index contributed by atoms with van der Waals surface area (Å²) >= 11 is 0. The molecule has 1 aliphatic rings. The number of nitrogens with one attached hydrogen (secondary N) is 1. The van der Waals surface area contributed by atoms with Crippen LogP contribution in [0.3, 0.4) is 0 Å². The molecule has 1 saturated heterocycles. The highest BCUT2D eigenvalue weighted by atomic mass is 16.5. The van der Waals surface area contributed by atoms with E-state index in [4.69, 9.17) is 9.47 Å². The second-order valence-corrected chi connectivity index (χ2v) is 7.58. The van der Waals surface area contributed by atoms with Crippen molar-refractivity contribution in [1.82, 2.24) is 10.2 Å². The lowest BCUT2D eigenvalue weighted by atomic mass is 10.1. The van der Waals surface area contributed by atoms with Crippen molar-refractivity contribution in [2.75, 3.05) is 26.2 Å². The van der Waals surface area contributed by atoms with E-state index in [1.165, 1.54) is 5.56 Å². The van der Waals surface area contributed by atoms with E-state index in [9.17, 15) is 4.79 Å². The van der Waals surface area contributed by atoms with Crippen molar-refractivity contribution in [3.8, 4) is 5.75 Å². The molecule has 1 aliphatic heterocycles. The first-order chi connectivity index (χ1) is 13.5. The van der Waals surface area contributed by atoms with Crippen LogP contribution in [0.5, 0.6) is 5.75 Å². The summed E-state index contributed by atoms with van der Waals surface area (Å²) in [6.07, 6.45) is 0.475. The van der Waals surface area contributed by atoms with Crippen LogP contribution in [-0.2, 0) is 11.3 Å². The molecular weight excluding hydrogens is 352 g/mol. The van der Waals surface area contributed by atoms with Crippen molar-refractivity contribution in [3.63, 3.8) is 0 Å². The van der Waals surface area contributed by atoms with Crippen LogP contribution in [-0.4, -0.2) is 49.2 Å². The van der Waals surface area contributed by atoms with E-state index in [2.05, 4.69) is 43.1 Å². The number of carbonyl (C=O) groups excluding carboxylic acids is 1. The van der Waals surface area contributed by atoms with Crippen LogP contribution >= 0.6 is 0 Å². The van der Waals surface area contributed by atoms with E-state index in [1.54, 1.807) is 6.07 Å². The highest BCUT2D eigenvalue weighted by Crippen LogP contribution is 2.16. The largest absolute Gasteiger partial charge is 0.489 e. The van der Waals surface area contributed by atoms with Gasteiger partial charge in [-0.1, -0.05) is 35.9 Å². The van der Waals surface area contributed by atoms with Crippen LogP contribution in [0.25, 0.3) is 0 Å². The maximum atomic E-state index is 12.5. The first-order valence-corrected chi connectivity index (χ1v) is 9.94. The second-order valence-electron chi connectivity index (χ2n) is 7.58. The van der Waals surface area contributed by atoms with Gasteiger partial charge in [-0.25, -0.2) is 0 Å². The van der Waals surface area contributed by atoms with Gasteiger partial charge in [-0.15, -0.1) is 0 Å². The van der Waals surface area contributed by atoms with Crippen molar-refractivity contribution < 1.29 is 14.3 Å². The molecule has 0 spiro atoms. The number of nitrogens with zero attached hydrogens (tertiary/aromatic N) is 1.